The molecule has 0 saturated heterocycles. The quantitative estimate of drug-likeness (QED) is 0.801. The SMILES string of the molecule is NCCCN1CC(=O)Nc2c(F)cccc21. The number of carbonyl (C=O) groups is 1. The monoisotopic (exact) mass is 223 g/mol. The van der Waals surface area contributed by atoms with Gasteiger partial charge in [-0.1, -0.05) is 6.07 Å². The highest BCUT2D eigenvalue weighted by Crippen LogP contribution is 2.31. The smallest absolute Gasteiger partial charge is 0.244 e. The van der Waals surface area contributed by atoms with E-state index in [9.17, 15) is 9.18 Å². The molecule has 2 rings (SSSR count). The molecule has 0 aromatic heterocycles. The lowest BCUT2D eigenvalue weighted by Crippen LogP contribution is -2.39. The highest BCUT2D eigenvalue weighted by atomic mass is 19.1. The van der Waals surface area contributed by atoms with E-state index in [0.717, 1.165) is 12.1 Å². The summed E-state index contributed by atoms with van der Waals surface area (Å²) in [7, 11) is 0. The van der Waals surface area contributed by atoms with E-state index in [1.807, 2.05) is 4.90 Å². The van der Waals surface area contributed by atoms with Gasteiger partial charge in [0.2, 0.25) is 5.91 Å². The van der Waals surface area contributed by atoms with Crippen molar-refractivity contribution in [3.63, 3.8) is 0 Å². The summed E-state index contributed by atoms with van der Waals surface area (Å²) in [5.74, 6) is -0.585. The number of hydrogen-bond acceptors (Lipinski definition) is 3. The average Bonchev–Trinajstić information content (AvgIpc) is 2.27. The van der Waals surface area contributed by atoms with Gasteiger partial charge in [0.25, 0.3) is 0 Å². The van der Waals surface area contributed by atoms with Crippen LogP contribution in [0.5, 0.6) is 0 Å². The zero-order chi connectivity index (χ0) is 11.5. The van der Waals surface area contributed by atoms with E-state index < -0.39 is 5.82 Å². The molecule has 0 unspecified atom stereocenters. The number of benzene rings is 1. The van der Waals surface area contributed by atoms with Gasteiger partial charge in [-0.15, -0.1) is 0 Å². The lowest BCUT2D eigenvalue weighted by molar-refractivity contribution is -0.115. The van der Waals surface area contributed by atoms with Crippen LogP contribution < -0.4 is 16.0 Å². The van der Waals surface area contributed by atoms with Crippen LogP contribution in [0, 0.1) is 5.82 Å². The summed E-state index contributed by atoms with van der Waals surface area (Å²) in [4.78, 5) is 13.3. The third-order valence-electron chi connectivity index (χ3n) is 2.56. The summed E-state index contributed by atoms with van der Waals surface area (Å²) in [6.07, 6.45) is 0.781. The second-order valence-corrected chi connectivity index (χ2v) is 3.75. The van der Waals surface area contributed by atoms with Gasteiger partial charge < -0.3 is 16.0 Å². The van der Waals surface area contributed by atoms with Gasteiger partial charge in [0.05, 0.1) is 12.2 Å². The van der Waals surface area contributed by atoms with Gasteiger partial charge in [0.15, 0.2) is 0 Å². The second kappa shape index (κ2) is 4.49. The Labute approximate surface area is 93.2 Å². The molecule has 0 atom stereocenters. The maximum atomic E-state index is 13.5. The van der Waals surface area contributed by atoms with E-state index in [1.165, 1.54) is 6.07 Å². The highest BCUT2D eigenvalue weighted by Gasteiger charge is 2.23. The number of hydrogen-bond donors (Lipinski definition) is 2. The van der Waals surface area contributed by atoms with Gasteiger partial charge in [-0.25, -0.2) is 4.39 Å². The van der Waals surface area contributed by atoms with Crippen LogP contribution in [0.15, 0.2) is 18.2 Å². The standard InChI is InChI=1S/C11H14FN3O/c12-8-3-1-4-9-11(8)14-10(16)7-15(9)6-2-5-13/h1,3-4H,2,5-7,13H2,(H,14,16). The molecule has 86 valence electrons. The van der Waals surface area contributed by atoms with Crippen molar-refractivity contribution < 1.29 is 9.18 Å². The number of nitrogens with zero attached hydrogens (tertiary/aromatic N) is 1. The van der Waals surface area contributed by atoms with E-state index in [-0.39, 0.29) is 18.1 Å². The number of nitrogens with one attached hydrogen (secondary N) is 1. The van der Waals surface area contributed by atoms with Crippen molar-refractivity contribution >= 4 is 17.3 Å². The van der Waals surface area contributed by atoms with Crippen LogP contribution in [0.3, 0.4) is 0 Å². The van der Waals surface area contributed by atoms with Gasteiger partial charge >= 0.3 is 0 Å². The fourth-order valence-electron chi connectivity index (χ4n) is 1.82. The normalized spacial score (nSPS) is 14.6. The molecule has 3 N–H and O–H groups in total. The maximum absolute atomic E-state index is 13.5. The third kappa shape index (κ3) is 1.99. The number of para-hydroxylation sites is 1. The third-order valence-corrected chi connectivity index (χ3v) is 2.56. The van der Waals surface area contributed by atoms with E-state index in [4.69, 9.17) is 5.73 Å². The molecule has 1 heterocycles. The van der Waals surface area contributed by atoms with Crippen LogP contribution >= 0.6 is 0 Å². The van der Waals surface area contributed by atoms with Gasteiger partial charge in [0.1, 0.15) is 11.5 Å². The molecular weight excluding hydrogens is 209 g/mol. The number of rotatable bonds is 3. The van der Waals surface area contributed by atoms with Crippen molar-refractivity contribution in [1.82, 2.24) is 0 Å². The molecule has 0 bridgehead atoms. The van der Waals surface area contributed by atoms with Crippen LogP contribution in [0.2, 0.25) is 0 Å². The molecule has 0 aliphatic carbocycles. The first kappa shape index (κ1) is 10.9. The van der Waals surface area contributed by atoms with E-state index in [1.54, 1.807) is 12.1 Å². The molecule has 16 heavy (non-hydrogen) atoms. The minimum atomic E-state index is -0.400. The number of anilines is 2. The maximum Gasteiger partial charge on any atom is 0.244 e. The van der Waals surface area contributed by atoms with Gasteiger partial charge in [0, 0.05) is 6.54 Å². The van der Waals surface area contributed by atoms with Gasteiger partial charge in [-0.3, -0.25) is 4.79 Å². The second-order valence-electron chi connectivity index (χ2n) is 3.75. The average molecular weight is 223 g/mol. The van der Waals surface area contributed by atoms with E-state index >= 15 is 0 Å². The number of nitrogens with two attached hydrogens (primary N) is 1. The molecule has 1 aromatic rings. The largest absolute Gasteiger partial charge is 0.360 e. The lowest BCUT2D eigenvalue weighted by Gasteiger charge is -2.30. The Balaban J connectivity index is 2.30. The van der Waals surface area contributed by atoms with Crippen LogP contribution in [-0.4, -0.2) is 25.5 Å². The first-order chi connectivity index (χ1) is 7.72. The molecule has 0 fully saturated rings. The fourth-order valence-corrected chi connectivity index (χ4v) is 1.82. The molecule has 1 amide bonds. The van der Waals surface area contributed by atoms with Crippen molar-refractivity contribution in [1.29, 1.82) is 0 Å². The number of fused-ring (bicyclic) bond motifs is 1. The van der Waals surface area contributed by atoms with Crippen molar-refractivity contribution in [2.24, 2.45) is 5.73 Å². The highest BCUT2D eigenvalue weighted by molar-refractivity contribution is 6.01. The van der Waals surface area contributed by atoms with E-state index in [0.29, 0.717) is 13.1 Å². The Kier molecular flexibility index (Phi) is 3.05. The molecule has 0 saturated carbocycles. The first-order valence-electron chi connectivity index (χ1n) is 5.25. The molecule has 0 radical (unpaired) electrons. The molecule has 4 nitrogen and oxygen atoms in total. The number of amides is 1. The lowest BCUT2D eigenvalue weighted by atomic mass is 10.1. The summed E-state index contributed by atoms with van der Waals surface area (Å²) in [6.45, 7) is 1.49. The van der Waals surface area contributed by atoms with Crippen LogP contribution in [0.25, 0.3) is 0 Å². The molecule has 0 spiro atoms. The summed E-state index contributed by atoms with van der Waals surface area (Å²) in [5, 5.41) is 2.55. The van der Waals surface area contributed by atoms with E-state index in [2.05, 4.69) is 5.32 Å². The Bertz CT molecular complexity index is 408. The molecular formula is C11H14FN3O. The van der Waals surface area contributed by atoms with Crippen molar-refractivity contribution in [2.45, 2.75) is 6.42 Å². The number of halogens is 1. The zero-order valence-electron chi connectivity index (χ0n) is 8.87. The minimum absolute atomic E-state index is 0.186. The molecule has 1 aromatic carbocycles. The topological polar surface area (TPSA) is 58.4 Å². The fraction of sp³-hybridized carbons (Fsp3) is 0.364. The van der Waals surface area contributed by atoms with Crippen LogP contribution in [-0.2, 0) is 4.79 Å². The Hall–Kier alpha value is -1.62. The van der Waals surface area contributed by atoms with Crippen LogP contribution in [0.1, 0.15) is 6.42 Å². The first-order valence-corrected chi connectivity index (χ1v) is 5.25. The summed E-state index contributed by atoms with van der Waals surface area (Å²) in [6, 6.07) is 4.78. The predicted octanol–water partition coefficient (Wildman–Crippen LogP) is 0.933. The Morgan fingerprint density at radius 3 is 3.06 bits per heavy atom. The van der Waals surface area contributed by atoms with Gasteiger partial charge in [-0.2, -0.15) is 0 Å². The molecule has 1 aliphatic heterocycles. The zero-order valence-corrected chi connectivity index (χ0v) is 8.87. The Morgan fingerprint density at radius 2 is 2.31 bits per heavy atom. The molecule has 1 aliphatic rings. The van der Waals surface area contributed by atoms with Crippen molar-refractivity contribution in [3.05, 3.63) is 24.0 Å². The summed E-state index contributed by atoms with van der Waals surface area (Å²) >= 11 is 0. The molecule has 5 heteroatoms. The Morgan fingerprint density at radius 1 is 1.50 bits per heavy atom. The predicted molar refractivity (Wildman–Crippen MR) is 60.9 cm³/mol. The minimum Gasteiger partial charge on any atom is -0.360 e. The van der Waals surface area contributed by atoms with Crippen molar-refractivity contribution in [2.75, 3.05) is 29.9 Å². The number of carbonyl (C=O) groups excluding carboxylic acids is 1. The van der Waals surface area contributed by atoms with Gasteiger partial charge in [-0.05, 0) is 25.1 Å². The van der Waals surface area contributed by atoms with Crippen molar-refractivity contribution in [3.8, 4) is 0 Å². The summed E-state index contributed by atoms with van der Waals surface area (Å²) in [5.41, 5.74) is 6.43. The summed E-state index contributed by atoms with van der Waals surface area (Å²) < 4.78 is 13.5. The van der Waals surface area contributed by atoms with Crippen LogP contribution in [0.4, 0.5) is 15.8 Å².